The van der Waals surface area contributed by atoms with E-state index in [1.165, 1.54) is 0 Å². The van der Waals surface area contributed by atoms with E-state index in [1.54, 1.807) is 0 Å². The summed E-state index contributed by atoms with van der Waals surface area (Å²) in [7, 11) is -2.85. The average molecular weight is 275 g/mol. The molecule has 0 aliphatic heterocycles. The lowest BCUT2D eigenvalue weighted by molar-refractivity contribution is -0.384. The molecule has 0 spiro atoms. The summed E-state index contributed by atoms with van der Waals surface area (Å²) < 4.78 is 26.3. The fourth-order valence-corrected chi connectivity index (χ4v) is 1.67. The summed E-state index contributed by atoms with van der Waals surface area (Å²) in [6.07, 6.45) is 0. The lowest BCUT2D eigenvalue weighted by atomic mass is 10.1. The number of nitrogens with one attached hydrogen (secondary N) is 2. The molecule has 0 saturated carbocycles. The third-order valence-corrected chi connectivity index (χ3v) is 2.98. The van der Waals surface area contributed by atoms with Gasteiger partial charge in [-0.15, -0.1) is 0 Å². The Morgan fingerprint density at radius 3 is 2.50 bits per heavy atom. The second kappa shape index (κ2) is 4.98. The highest BCUT2D eigenvalue weighted by Gasteiger charge is 2.18. The molecular formula is C8H9N3O6S. The molecule has 0 heterocycles. The third kappa shape index (κ3) is 3.15. The Morgan fingerprint density at radius 2 is 2.06 bits per heavy atom. The van der Waals surface area contributed by atoms with Crippen molar-refractivity contribution in [2.75, 3.05) is 11.8 Å². The van der Waals surface area contributed by atoms with Crippen LogP contribution in [0.1, 0.15) is 10.4 Å². The maximum Gasteiger partial charge on any atom is 0.337 e. The van der Waals surface area contributed by atoms with Crippen LogP contribution in [0.5, 0.6) is 0 Å². The van der Waals surface area contributed by atoms with Gasteiger partial charge in [0.25, 0.3) is 15.9 Å². The van der Waals surface area contributed by atoms with Gasteiger partial charge in [-0.25, -0.2) is 9.52 Å². The maximum absolute atomic E-state index is 11.2. The highest BCUT2D eigenvalue weighted by molar-refractivity contribution is 7.90. The molecule has 0 unspecified atom stereocenters. The number of rotatable bonds is 5. The number of carbonyl (C=O) groups is 1. The van der Waals surface area contributed by atoms with E-state index in [0.29, 0.717) is 0 Å². The molecule has 0 bridgehead atoms. The van der Waals surface area contributed by atoms with Crippen molar-refractivity contribution in [2.24, 2.45) is 0 Å². The smallest absolute Gasteiger partial charge is 0.337 e. The number of nitro benzene ring substituents is 1. The standard InChI is InChI=1S/C8H9N3O6S/c1-9-18(16,17)10-7-4-5(11(14)15)2-3-6(7)8(12)13/h2-4,9-10H,1H3,(H,12,13). The Labute approximate surface area is 102 Å². The van der Waals surface area contributed by atoms with Gasteiger partial charge in [0.15, 0.2) is 0 Å². The average Bonchev–Trinajstić information content (AvgIpc) is 2.28. The summed E-state index contributed by atoms with van der Waals surface area (Å²) in [6, 6.07) is 2.76. The molecule has 98 valence electrons. The van der Waals surface area contributed by atoms with Crippen molar-refractivity contribution in [3.8, 4) is 0 Å². The Morgan fingerprint density at radius 1 is 1.44 bits per heavy atom. The van der Waals surface area contributed by atoms with Crippen LogP contribution >= 0.6 is 0 Å². The van der Waals surface area contributed by atoms with Crippen LogP contribution in [-0.4, -0.2) is 31.5 Å². The van der Waals surface area contributed by atoms with E-state index in [4.69, 9.17) is 5.11 Å². The molecule has 0 saturated heterocycles. The topological polar surface area (TPSA) is 139 Å². The third-order valence-electron chi connectivity index (χ3n) is 1.96. The van der Waals surface area contributed by atoms with Crippen LogP contribution in [0.25, 0.3) is 0 Å². The van der Waals surface area contributed by atoms with Crippen molar-refractivity contribution in [1.29, 1.82) is 0 Å². The monoisotopic (exact) mass is 275 g/mol. The number of benzene rings is 1. The Kier molecular flexibility index (Phi) is 3.83. The van der Waals surface area contributed by atoms with Crippen LogP contribution in [0.2, 0.25) is 0 Å². The van der Waals surface area contributed by atoms with E-state index in [1.807, 2.05) is 9.44 Å². The quantitative estimate of drug-likeness (QED) is 0.517. The zero-order chi connectivity index (χ0) is 13.9. The lowest BCUT2D eigenvalue weighted by Gasteiger charge is -2.09. The van der Waals surface area contributed by atoms with Crippen LogP contribution in [0.15, 0.2) is 18.2 Å². The van der Waals surface area contributed by atoms with E-state index in [0.717, 1.165) is 25.2 Å². The van der Waals surface area contributed by atoms with Crippen LogP contribution in [0.3, 0.4) is 0 Å². The summed E-state index contributed by atoms with van der Waals surface area (Å²) in [5, 5.41) is 19.4. The minimum absolute atomic E-state index is 0.383. The predicted octanol–water partition coefficient (Wildman–Crippen LogP) is 0.169. The number of nitro groups is 1. The van der Waals surface area contributed by atoms with Gasteiger partial charge in [-0.1, -0.05) is 0 Å². The number of carboxylic acid groups (broad SMARTS) is 1. The van der Waals surface area contributed by atoms with Gasteiger partial charge < -0.3 is 5.11 Å². The number of hydrogen-bond donors (Lipinski definition) is 3. The van der Waals surface area contributed by atoms with Crippen LogP contribution in [-0.2, 0) is 10.2 Å². The van der Waals surface area contributed by atoms with Crippen molar-refractivity contribution in [3.05, 3.63) is 33.9 Å². The summed E-state index contributed by atoms with van der Waals surface area (Å²) in [5.74, 6) is -1.40. The Hall–Kier alpha value is -2.20. The molecule has 0 fully saturated rings. The van der Waals surface area contributed by atoms with Crippen molar-refractivity contribution in [2.45, 2.75) is 0 Å². The zero-order valence-corrected chi connectivity index (χ0v) is 9.89. The fourth-order valence-electron chi connectivity index (χ4n) is 1.11. The molecule has 0 aliphatic carbocycles. The number of aromatic carboxylic acids is 1. The van der Waals surface area contributed by atoms with E-state index >= 15 is 0 Å². The highest BCUT2D eigenvalue weighted by Crippen LogP contribution is 2.23. The Bertz CT molecular complexity index is 597. The van der Waals surface area contributed by atoms with Crippen molar-refractivity contribution < 1.29 is 23.2 Å². The van der Waals surface area contributed by atoms with E-state index in [2.05, 4.69) is 0 Å². The van der Waals surface area contributed by atoms with Crippen molar-refractivity contribution in [1.82, 2.24) is 4.72 Å². The number of nitrogens with zero attached hydrogens (tertiary/aromatic N) is 1. The van der Waals surface area contributed by atoms with Crippen molar-refractivity contribution in [3.63, 3.8) is 0 Å². The molecule has 0 amide bonds. The van der Waals surface area contributed by atoms with E-state index in [9.17, 15) is 23.3 Å². The first-order valence-corrected chi connectivity index (χ1v) is 5.98. The van der Waals surface area contributed by atoms with Crippen LogP contribution in [0.4, 0.5) is 11.4 Å². The largest absolute Gasteiger partial charge is 0.478 e. The molecule has 10 heteroatoms. The van der Waals surface area contributed by atoms with E-state index < -0.39 is 26.8 Å². The molecule has 1 aromatic rings. The molecule has 9 nitrogen and oxygen atoms in total. The number of hydrogen-bond acceptors (Lipinski definition) is 5. The molecule has 0 atom stereocenters. The molecule has 3 N–H and O–H groups in total. The summed E-state index contributed by atoms with van der Waals surface area (Å²) >= 11 is 0. The first-order chi connectivity index (χ1) is 8.26. The highest BCUT2D eigenvalue weighted by atomic mass is 32.2. The van der Waals surface area contributed by atoms with Crippen LogP contribution < -0.4 is 9.44 Å². The van der Waals surface area contributed by atoms with Crippen molar-refractivity contribution >= 4 is 27.6 Å². The summed E-state index contributed by atoms with van der Waals surface area (Å²) in [4.78, 5) is 20.6. The minimum atomic E-state index is -3.96. The zero-order valence-electron chi connectivity index (χ0n) is 9.08. The van der Waals surface area contributed by atoms with Gasteiger partial charge in [0.2, 0.25) is 0 Å². The SMILES string of the molecule is CNS(=O)(=O)Nc1cc([N+](=O)[O-])ccc1C(=O)O. The van der Waals surface area contributed by atoms with Gasteiger partial charge in [0, 0.05) is 19.2 Å². The first-order valence-electron chi connectivity index (χ1n) is 4.50. The minimum Gasteiger partial charge on any atom is -0.478 e. The van der Waals surface area contributed by atoms with Gasteiger partial charge in [-0.2, -0.15) is 8.42 Å². The van der Waals surface area contributed by atoms with Gasteiger partial charge in [0.05, 0.1) is 16.2 Å². The number of non-ortho nitro benzene ring substituents is 1. The predicted molar refractivity (Wildman–Crippen MR) is 61.7 cm³/mol. The molecular weight excluding hydrogens is 266 g/mol. The molecule has 0 aliphatic rings. The number of anilines is 1. The molecule has 1 rings (SSSR count). The fraction of sp³-hybridized carbons (Fsp3) is 0.125. The second-order valence-electron chi connectivity index (χ2n) is 3.10. The second-order valence-corrected chi connectivity index (χ2v) is 4.72. The van der Waals surface area contributed by atoms with Gasteiger partial charge in [-0.05, 0) is 6.07 Å². The molecule has 18 heavy (non-hydrogen) atoms. The Balaban J connectivity index is 3.33. The van der Waals surface area contributed by atoms with Crippen LogP contribution in [0, 0.1) is 10.1 Å². The lowest BCUT2D eigenvalue weighted by Crippen LogP contribution is -2.27. The molecule has 1 aromatic carbocycles. The first kappa shape index (κ1) is 13.9. The van der Waals surface area contributed by atoms with Gasteiger partial charge in [-0.3, -0.25) is 14.8 Å². The molecule has 0 radical (unpaired) electrons. The van der Waals surface area contributed by atoms with Gasteiger partial charge >= 0.3 is 5.97 Å². The molecule has 0 aromatic heterocycles. The normalized spacial score (nSPS) is 10.9. The number of carboxylic acids is 1. The summed E-state index contributed by atoms with van der Waals surface area (Å²) in [5.41, 5.74) is -1.20. The van der Waals surface area contributed by atoms with E-state index in [-0.39, 0.29) is 11.3 Å². The maximum atomic E-state index is 11.2. The summed E-state index contributed by atoms with van der Waals surface area (Å²) in [6.45, 7) is 0. The van der Waals surface area contributed by atoms with Gasteiger partial charge in [0.1, 0.15) is 0 Å².